The lowest BCUT2D eigenvalue weighted by atomic mass is 9.85. The third-order valence-electron chi connectivity index (χ3n) is 4.52. The maximum atomic E-state index is 12.6. The first-order chi connectivity index (χ1) is 11.1. The lowest BCUT2D eigenvalue weighted by Gasteiger charge is -2.29. The Balaban J connectivity index is 1.63. The van der Waals surface area contributed by atoms with Gasteiger partial charge in [0.2, 0.25) is 5.91 Å². The van der Waals surface area contributed by atoms with Crippen LogP contribution in [-0.2, 0) is 11.3 Å². The maximum absolute atomic E-state index is 12.6. The van der Waals surface area contributed by atoms with Crippen molar-refractivity contribution in [1.82, 2.24) is 14.7 Å². The standard InChI is InChI=1S/C18H24N4O/c1-21(18(23)15-6-5-7-16(19)10-15)12-14-11-20-22(13-14)17-8-3-2-4-9-17/h2-4,8-9,11,13,15-16H,5-7,10,12,19H2,1H3. The zero-order valence-electron chi connectivity index (χ0n) is 13.6. The fourth-order valence-corrected chi connectivity index (χ4v) is 3.28. The summed E-state index contributed by atoms with van der Waals surface area (Å²) in [7, 11) is 1.86. The predicted octanol–water partition coefficient (Wildman–Crippen LogP) is 2.35. The number of hydrogen-bond acceptors (Lipinski definition) is 3. The van der Waals surface area contributed by atoms with Gasteiger partial charge in [-0.05, 0) is 31.4 Å². The summed E-state index contributed by atoms with van der Waals surface area (Å²) in [6.45, 7) is 0.581. The van der Waals surface area contributed by atoms with Gasteiger partial charge in [-0.2, -0.15) is 5.10 Å². The molecule has 1 saturated carbocycles. The molecule has 2 aromatic rings. The molecule has 0 radical (unpaired) electrons. The topological polar surface area (TPSA) is 64.2 Å². The summed E-state index contributed by atoms with van der Waals surface area (Å²) in [6, 6.07) is 10.1. The number of carbonyl (C=O) groups is 1. The van der Waals surface area contributed by atoms with E-state index in [1.54, 1.807) is 4.90 Å². The number of nitrogens with two attached hydrogens (primary N) is 1. The normalized spacial score (nSPS) is 21.1. The van der Waals surface area contributed by atoms with Gasteiger partial charge in [0.1, 0.15) is 0 Å². The second kappa shape index (κ2) is 6.96. The zero-order chi connectivity index (χ0) is 16.2. The molecule has 0 saturated heterocycles. The van der Waals surface area contributed by atoms with Crippen molar-refractivity contribution >= 4 is 5.91 Å². The highest BCUT2D eigenvalue weighted by Crippen LogP contribution is 2.25. The minimum atomic E-state index is 0.0768. The number of aromatic nitrogens is 2. The maximum Gasteiger partial charge on any atom is 0.225 e. The molecule has 23 heavy (non-hydrogen) atoms. The minimum Gasteiger partial charge on any atom is -0.341 e. The molecular formula is C18H24N4O. The van der Waals surface area contributed by atoms with E-state index in [0.29, 0.717) is 6.54 Å². The van der Waals surface area contributed by atoms with Crippen LogP contribution < -0.4 is 5.73 Å². The Morgan fingerprint density at radius 3 is 2.87 bits per heavy atom. The Morgan fingerprint density at radius 1 is 1.35 bits per heavy atom. The number of rotatable bonds is 4. The smallest absolute Gasteiger partial charge is 0.225 e. The van der Waals surface area contributed by atoms with Gasteiger partial charge in [0.05, 0.1) is 11.9 Å². The largest absolute Gasteiger partial charge is 0.341 e. The molecule has 2 unspecified atom stereocenters. The van der Waals surface area contributed by atoms with E-state index in [2.05, 4.69) is 5.10 Å². The molecule has 2 N–H and O–H groups in total. The van der Waals surface area contributed by atoms with Crippen molar-refractivity contribution in [1.29, 1.82) is 0 Å². The van der Waals surface area contributed by atoms with Crippen molar-refractivity contribution < 1.29 is 4.79 Å². The van der Waals surface area contributed by atoms with Crippen LogP contribution in [0.1, 0.15) is 31.2 Å². The molecule has 0 bridgehead atoms. The highest BCUT2D eigenvalue weighted by Gasteiger charge is 2.27. The molecule has 3 rings (SSSR count). The van der Waals surface area contributed by atoms with Crippen molar-refractivity contribution in [3.63, 3.8) is 0 Å². The molecular weight excluding hydrogens is 288 g/mol. The van der Waals surface area contributed by atoms with Crippen molar-refractivity contribution in [3.05, 3.63) is 48.3 Å². The number of amides is 1. The second-order valence-electron chi connectivity index (χ2n) is 6.45. The Bertz CT molecular complexity index is 652. The van der Waals surface area contributed by atoms with Gasteiger partial charge in [0, 0.05) is 37.3 Å². The predicted molar refractivity (Wildman–Crippen MR) is 90.0 cm³/mol. The lowest BCUT2D eigenvalue weighted by molar-refractivity contribution is -0.135. The number of carbonyl (C=O) groups excluding carboxylic acids is 1. The molecule has 0 aliphatic heterocycles. The molecule has 1 aromatic carbocycles. The van der Waals surface area contributed by atoms with Crippen molar-refractivity contribution in [3.8, 4) is 5.69 Å². The summed E-state index contributed by atoms with van der Waals surface area (Å²) in [5, 5.41) is 4.38. The van der Waals surface area contributed by atoms with Crippen LogP contribution in [0.25, 0.3) is 5.69 Å². The van der Waals surface area contributed by atoms with Crippen LogP contribution in [-0.4, -0.2) is 33.7 Å². The first kappa shape index (κ1) is 15.7. The Labute approximate surface area is 137 Å². The van der Waals surface area contributed by atoms with Gasteiger partial charge in [0.15, 0.2) is 0 Å². The molecule has 5 nitrogen and oxygen atoms in total. The van der Waals surface area contributed by atoms with E-state index in [4.69, 9.17) is 5.73 Å². The van der Waals surface area contributed by atoms with E-state index in [1.807, 2.05) is 54.5 Å². The molecule has 122 valence electrons. The molecule has 1 aliphatic carbocycles. The third kappa shape index (κ3) is 3.79. The van der Waals surface area contributed by atoms with Crippen LogP contribution in [0.5, 0.6) is 0 Å². The average molecular weight is 312 g/mol. The fourth-order valence-electron chi connectivity index (χ4n) is 3.28. The van der Waals surface area contributed by atoms with E-state index >= 15 is 0 Å². The average Bonchev–Trinajstić information content (AvgIpc) is 3.03. The van der Waals surface area contributed by atoms with E-state index in [9.17, 15) is 4.79 Å². The third-order valence-corrected chi connectivity index (χ3v) is 4.52. The van der Waals surface area contributed by atoms with Gasteiger partial charge in [-0.15, -0.1) is 0 Å². The number of nitrogens with zero attached hydrogens (tertiary/aromatic N) is 3. The Kier molecular flexibility index (Phi) is 4.76. The van der Waals surface area contributed by atoms with Crippen LogP contribution in [0.3, 0.4) is 0 Å². The van der Waals surface area contributed by atoms with E-state index in [0.717, 1.165) is 36.9 Å². The first-order valence-corrected chi connectivity index (χ1v) is 8.23. The minimum absolute atomic E-state index is 0.0768. The Morgan fingerprint density at radius 2 is 2.13 bits per heavy atom. The van der Waals surface area contributed by atoms with Crippen LogP contribution in [0.4, 0.5) is 0 Å². The monoisotopic (exact) mass is 312 g/mol. The van der Waals surface area contributed by atoms with Crippen LogP contribution >= 0.6 is 0 Å². The SMILES string of the molecule is CN(Cc1cnn(-c2ccccc2)c1)C(=O)C1CCCC(N)C1. The number of benzene rings is 1. The summed E-state index contributed by atoms with van der Waals surface area (Å²) in [4.78, 5) is 14.4. The first-order valence-electron chi connectivity index (χ1n) is 8.23. The van der Waals surface area contributed by atoms with E-state index < -0.39 is 0 Å². The second-order valence-corrected chi connectivity index (χ2v) is 6.45. The van der Waals surface area contributed by atoms with E-state index in [1.165, 1.54) is 0 Å². The van der Waals surface area contributed by atoms with Crippen LogP contribution in [0.15, 0.2) is 42.7 Å². The summed E-state index contributed by atoms with van der Waals surface area (Å²) in [5.74, 6) is 0.278. The number of hydrogen-bond donors (Lipinski definition) is 1. The summed E-state index contributed by atoms with van der Waals surface area (Å²) in [6.07, 6.45) is 7.66. The number of para-hydroxylation sites is 1. The van der Waals surface area contributed by atoms with Crippen molar-refractivity contribution in [2.75, 3.05) is 7.05 Å². The molecule has 2 atom stereocenters. The zero-order valence-corrected chi connectivity index (χ0v) is 13.6. The molecule has 1 heterocycles. The van der Waals surface area contributed by atoms with Gasteiger partial charge in [0.25, 0.3) is 0 Å². The molecule has 1 amide bonds. The fraction of sp³-hybridized carbons (Fsp3) is 0.444. The summed E-state index contributed by atoms with van der Waals surface area (Å²) >= 11 is 0. The van der Waals surface area contributed by atoms with Crippen molar-refractivity contribution in [2.45, 2.75) is 38.3 Å². The quantitative estimate of drug-likeness (QED) is 0.942. The Hall–Kier alpha value is -2.14. The lowest BCUT2D eigenvalue weighted by Crippen LogP contribution is -2.38. The molecule has 1 fully saturated rings. The molecule has 1 aliphatic rings. The van der Waals surface area contributed by atoms with Crippen LogP contribution in [0.2, 0.25) is 0 Å². The highest BCUT2D eigenvalue weighted by atomic mass is 16.2. The van der Waals surface area contributed by atoms with Gasteiger partial charge in [-0.3, -0.25) is 4.79 Å². The molecule has 5 heteroatoms. The van der Waals surface area contributed by atoms with Crippen molar-refractivity contribution in [2.24, 2.45) is 11.7 Å². The molecule has 0 spiro atoms. The van der Waals surface area contributed by atoms with E-state index in [-0.39, 0.29) is 17.9 Å². The highest BCUT2D eigenvalue weighted by molar-refractivity contribution is 5.78. The van der Waals surface area contributed by atoms with Gasteiger partial charge >= 0.3 is 0 Å². The summed E-state index contributed by atoms with van der Waals surface area (Å²) < 4.78 is 1.84. The molecule has 1 aromatic heterocycles. The van der Waals surface area contributed by atoms with Gasteiger partial charge in [-0.1, -0.05) is 24.6 Å². The van der Waals surface area contributed by atoms with Crippen LogP contribution in [0, 0.1) is 5.92 Å². The van der Waals surface area contributed by atoms with Gasteiger partial charge < -0.3 is 10.6 Å². The van der Waals surface area contributed by atoms with Gasteiger partial charge in [-0.25, -0.2) is 4.68 Å². The summed E-state index contributed by atoms with van der Waals surface area (Å²) in [5.41, 5.74) is 8.05.